The maximum atomic E-state index is 13.2. The summed E-state index contributed by atoms with van der Waals surface area (Å²) in [6, 6.07) is 12.0. The van der Waals surface area contributed by atoms with Gasteiger partial charge in [0, 0.05) is 23.6 Å². The van der Waals surface area contributed by atoms with Crippen LogP contribution in [0.2, 0.25) is 0 Å². The van der Waals surface area contributed by atoms with Crippen LogP contribution in [0.4, 0.5) is 8.78 Å². The molecule has 0 spiro atoms. The molecule has 0 aliphatic heterocycles. The molecule has 4 aromatic rings. The minimum Gasteiger partial charge on any atom is -0.429 e. The number of hydrogen-bond acceptors (Lipinski definition) is 6. The number of rotatable bonds is 5. The van der Waals surface area contributed by atoms with Crippen molar-refractivity contribution >= 4 is 22.6 Å². The largest absolute Gasteiger partial charge is 0.429 e. The van der Waals surface area contributed by atoms with Gasteiger partial charge in [-0.15, -0.1) is 0 Å². The Bertz CT molecular complexity index is 1160. The Morgan fingerprint density at radius 2 is 1.62 bits per heavy atom. The van der Waals surface area contributed by atoms with E-state index in [1.54, 1.807) is 36.7 Å². The molecule has 0 fully saturated rings. The normalized spacial score (nSPS) is 12.1. The molecular weight excluding hydrogens is 416 g/mol. The smallest absolute Gasteiger partial charge is 0.228 e. The van der Waals surface area contributed by atoms with E-state index >= 15 is 0 Å². The summed E-state index contributed by atoms with van der Waals surface area (Å²) in [5.74, 6) is -0.503. The lowest BCUT2D eigenvalue weighted by atomic mass is 10.2. The van der Waals surface area contributed by atoms with Gasteiger partial charge in [0.15, 0.2) is 5.09 Å². The molecule has 1 unspecified atom stereocenters. The second-order valence-electron chi connectivity index (χ2n) is 5.92. The van der Waals surface area contributed by atoms with E-state index < -0.39 is 16.6 Å². The lowest BCUT2D eigenvalue weighted by Crippen LogP contribution is -1.92. The molecule has 9 heteroatoms. The minimum absolute atomic E-state index is 0.299. The van der Waals surface area contributed by atoms with E-state index in [-0.39, 0.29) is 5.82 Å². The molecule has 146 valence electrons. The second-order valence-corrected chi connectivity index (χ2v) is 8.24. The highest BCUT2D eigenvalue weighted by molar-refractivity contribution is 7.99. The number of nitrogens with zero attached hydrogens (tertiary/aromatic N) is 3. The average Bonchev–Trinajstić information content (AvgIpc) is 3.14. The number of benzene rings is 1. The van der Waals surface area contributed by atoms with E-state index in [9.17, 15) is 13.0 Å². The zero-order valence-corrected chi connectivity index (χ0v) is 16.6. The molecule has 0 radical (unpaired) electrons. The van der Waals surface area contributed by atoms with Gasteiger partial charge in [0.25, 0.3) is 0 Å². The molecule has 0 aliphatic rings. The predicted molar refractivity (Wildman–Crippen MR) is 106 cm³/mol. The standard InChI is InChI=1S/C20H13F2N3O2S2/c1-29(26)17-9-4-13(10-24-17)18-20(28-16-8-7-15(22)11-23-16)27-19(25-18)12-2-5-14(21)6-3-12/h2-11H,1H3. The fourth-order valence-corrected chi connectivity index (χ4v) is 3.75. The van der Waals surface area contributed by atoms with Crippen LogP contribution in [-0.4, -0.2) is 25.4 Å². The maximum absolute atomic E-state index is 13.2. The van der Waals surface area contributed by atoms with Gasteiger partial charge in [-0.05, 0) is 60.3 Å². The van der Waals surface area contributed by atoms with Crippen LogP contribution >= 0.6 is 11.8 Å². The van der Waals surface area contributed by atoms with Crippen molar-refractivity contribution in [3.05, 3.63) is 72.6 Å². The Balaban J connectivity index is 1.77. The summed E-state index contributed by atoms with van der Waals surface area (Å²) in [5.41, 5.74) is 1.76. The molecule has 3 heterocycles. The van der Waals surface area contributed by atoms with Crippen LogP contribution in [0.3, 0.4) is 0 Å². The SMILES string of the molecule is CS(=O)c1ccc(-c2nc(-c3ccc(F)cc3)oc2Sc2ccc(F)cn2)cn1. The van der Waals surface area contributed by atoms with E-state index in [0.717, 1.165) is 6.20 Å². The number of hydrogen-bond donors (Lipinski definition) is 0. The first-order chi connectivity index (χ1) is 14.0. The molecule has 3 aromatic heterocycles. The van der Waals surface area contributed by atoms with E-state index in [2.05, 4.69) is 15.0 Å². The Hall–Kier alpha value is -2.91. The van der Waals surface area contributed by atoms with Gasteiger partial charge in [-0.3, -0.25) is 4.21 Å². The average molecular weight is 429 g/mol. The number of halogens is 2. The molecule has 0 bridgehead atoms. The Labute approximate surface area is 171 Å². The monoisotopic (exact) mass is 429 g/mol. The minimum atomic E-state index is -1.20. The van der Waals surface area contributed by atoms with Crippen molar-refractivity contribution in [1.82, 2.24) is 15.0 Å². The quantitative estimate of drug-likeness (QED) is 0.446. The molecule has 4 rings (SSSR count). The highest BCUT2D eigenvalue weighted by Gasteiger charge is 2.19. The van der Waals surface area contributed by atoms with Gasteiger partial charge in [0.05, 0.1) is 17.0 Å². The van der Waals surface area contributed by atoms with Crippen LogP contribution in [0.5, 0.6) is 0 Å². The third kappa shape index (κ3) is 4.41. The van der Waals surface area contributed by atoms with Crippen LogP contribution in [0.1, 0.15) is 0 Å². The van der Waals surface area contributed by atoms with Crippen molar-refractivity contribution in [2.24, 2.45) is 0 Å². The van der Waals surface area contributed by atoms with Crippen molar-refractivity contribution in [2.45, 2.75) is 15.1 Å². The van der Waals surface area contributed by atoms with Crippen molar-refractivity contribution in [2.75, 3.05) is 6.26 Å². The van der Waals surface area contributed by atoms with Gasteiger partial charge in [-0.25, -0.2) is 23.7 Å². The van der Waals surface area contributed by atoms with Crippen molar-refractivity contribution in [1.29, 1.82) is 0 Å². The molecule has 0 saturated carbocycles. The van der Waals surface area contributed by atoms with E-state index in [1.807, 2.05) is 0 Å². The third-order valence-corrected chi connectivity index (χ3v) is 5.63. The fraction of sp³-hybridized carbons (Fsp3) is 0.0500. The van der Waals surface area contributed by atoms with Crippen LogP contribution in [0.25, 0.3) is 22.7 Å². The van der Waals surface area contributed by atoms with Crippen LogP contribution in [0.15, 0.2) is 80.5 Å². The van der Waals surface area contributed by atoms with Gasteiger partial charge in [-0.1, -0.05) is 0 Å². The van der Waals surface area contributed by atoms with Crippen LogP contribution in [0, 0.1) is 11.6 Å². The molecule has 0 saturated heterocycles. The summed E-state index contributed by atoms with van der Waals surface area (Å²) in [5, 5.41) is 1.40. The molecular formula is C20H13F2N3O2S2. The van der Waals surface area contributed by atoms with Gasteiger partial charge in [0.2, 0.25) is 5.89 Å². The molecule has 0 N–H and O–H groups in total. The summed E-state index contributed by atoms with van der Waals surface area (Å²) in [6.07, 6.45) is 4.23. The topological polar surface area (TPSA) is 68.9 Å². The van der Waals surface area contributed by atoms with E-state index in [0.29, 0.717) is 37.9 Å². The Morgan fingerprint density at radius 1 is 0.897 bits per heavy atom. The number of aromatic nitrogens is 3. The summed E-state index contributed by atoms with van der Waals surface area (Å²) >= 11 is 1.18. The summed E-state index contributed by atoms with van der Waals surface area (Å²) in [4.78, 5) is 12.8. The summed E-state index contributed by atoms with van der Waals surface area (Å²) < 4.78 is 43.9. The first-order valence-electron chi connectivity index (χ1n) is 8.35. The van der Waals surface area contributed by atoms with Gasteiger partial charge in [-0.2, -0.15) is 0 Å². The van der Waals surface area contributed by atoms with E-state index in [4.69, 9.17) is 4.42 Å². The number of oxazole rings is 1. The van der Waals surface area contributed by atoms with Crippen LogP contribution < -0.4 is 0 Å². The molecule has 1 aromatic carbocycles. The first kappa shape index (κ1) is 19.4. The lowest BCUT2D eigenvalue weighted by molar-refractivity contribution is 0.485. The van der Waals surface area contributed by atoms with Crippen molar-refractivity contribution in [3.63, 3.8) is 0 Å². The summed E-state index contributed by atoms with van der Waals surface area (Å²) in [7, 11) is -1.20. The summed E-state index contributed by atoms with van der Waals surface area (Å²) in [6.45, 7) is 0. The van der Waals surface area contributed by atoms with Crippen molar-refractivity contribution in [3.8, 4) is 22.7 Å². The fourth-order valence-electron chi connectivity index (χ4n) is 2.48. The molecule has 5 nitrogen and oxygen atoms in total. The maximum Gasteiger partial charge on any atom is 0.228 e. The predicted octanol–water partition coefficient (Wildman–Crippen LogP) is 4.97. The first-order valence-corrected chi connectivity index (χ1v) is 10.7. The van der Waals surface area contributed by atoms with Crippen molar-refractivity contribution < 1.29 is 17.4 Å². The van der Waals surface area contributed by atoms with Crippen LogP contribution in [-0.2, 0) is 10.8 Å². The Kier molecular flexibility index (Phi) is 5.50. The number of pyridine rings is 2. The molecule has 0 aliphatic carbocycles. The third-order valence-electron chi connectivity index (χ3n) is 3.89. The Morgan fingerprint density at radius 3 is 2.24 bits per heavy atom. The van der Waals surface area contributed by atoms with Gasteiger partial charge >= 0.3 is 0 Å². The zero-order chi connectivity index (χ0) is 20.4. The highest BCUT2D eigenvalue weighted by Crippen LogP contribution is 2.38. The van der Waals surface area contributed by atoms with Gasteiger partial charge < -0.3 is 4.42 Å². The van der Waals surface area contributed by atoms with Gasteiger partial charge in [0.1, 0.15) is 27.4 Å². The second kappa shape index (κ2) is 8.22. The van der Waals surface area contributed by atoms with E-state index in [1.165, 1.54) is 36.0 Å². The highest BCUT2D eigenvalue weighted by atomic mass is 32.2. The molecule has 1 atom stereocenters. The zero-order valence-electron chi connectivity index (χ0n) is 15.0. The lowest BCUT2D eigenvalue weighted by Gasteiger charge is -2.01. The molecule has 0 amide bonds. The molecule has 29 heavy (non-hydrogen) atoms.